The maximum absolute atomic E-state index is 12.9. The fourth-order valence-electron chi connectivity index (χ4n) is 1.18. The molecule has 0 aromatic heterocycles. The number of hydrogen-bond donors (Lipinski definition) is 1. The first-order valence-corrected chi connectivity index (χ1v) is 5.19. The zero-order valence-electron chi connectivity index (χ0n) is 9.51. The highest BCUT2D eigenvalue weighted by Crippen LogP contribution is 2.08. The third-order valence-corrected chi connectivity index (χ3v) is 2.02. The van der Waals surface area contributed by atoms with E-state index in [-0.39, 0.29) is 5.82 Å². The number of hydrogen-bond acceptors (Lipinski definition) is 2. The Morgan fingerprint density at radius 3 is 2.73 bits per heavy atom. The van der Waals surface area contributed by atoms with Gasteiger partial charge in [-0.1, -0.05) is 26.0 Å². The van der Waals surface area contributed by atoms with Gasteiger partial charge in [-0.25, -0.2) is 4.39 Å². The summed E-state index contributed by atoms with van der Waals surface area (Å²) >= 11 is 0. The van der Waals surface area contributed by atoms with Gasteiger partial charge in [0.15, 0.2) is 0 Å². The van der Waals surface area contributed by atoms with Gasteiger partial charge in [0.25, 0.3) is 0 Å². The molecule has 0 atom stereocenters. The molecule has 1 aromatic carbocycles. The van der Waals surface area contributed by atoms with Crippen LogP contribution >= 0.6 is 0 Å². The molecule has 0 saturated heterocycles. The lowest BCUT2D eigenvalue weighted by Gasteiger charge is -2.08. The molecule has 0 aliphatic rings. The number of rotatable bonds is 5. The van der Waals surface area contributed by atoms with Gasteiger partial charge in [0, 0.05) is 6.54 Å². The van der Waals surface area contributed by atoms with Crippen LogP contribution in [0.15, 0.2) is 18.2 Å². The average molecular weight is 211 g/mol. The summed E-state index contributed by atoms with van der Waals surface area (Å²) in [5, 5.41) is 0. The van der Waals surface area contributed by atoms with E-state index in [4.69, 9.17) is 4.84 Å². The molecule has 0 spiro atoms. The van der Waals surface area contributed by atoms with Gasteiger partial charge in [0.1, 0.15) is 5.82 Å². The molecular formula is C12H18FNO. The average Bonchev–Trinajstić information content (AvgIpc) is 2.18. The summed E-state index contributed by atoms with van der Waals surface area (Å²) < 4.78 is 12.9. The monoisotopic (exact) mass is 211 g/mol. The fourth-order valence-corrected chi connectivity index (χ4v) is 1.18. The summed E-state index contributed by atoms with van der Waals surface area (Å²) in [5.41, 5.74) is 4.55. The summed E-state index contributed by atoms with van der Waals surface area (Å²) in [6.07, 6.45) is 0. The zero-order chi connectivity index (χ0) is 11.3. The largest absolute Gasteiger partial charge is 0.301 e. The predicted octanol–water partition coefficient (Wildman–Crippen LogP) is 2.81. The third kappa shape index (κ3) is 4.40. The smallest absolute Gasteiger partial charge is 0.126 e. The summed E-state index contributed by atoms with van der Waals surface area (Å²) in [6.45, 7) is 7.22. The van der Waals surface area contributed by atoms with Crippen molar-refractivity contribution < 1.29 is 9.23 Å². The first kappa shape index (κ1) is 12.1. The Labute approximate surface area is 90.4 Å². The number of aryl methyl sites for hydroxylation is 1. The highest BCUT2D eigenvalue weighted by Gasteiger charge is 1.99. The Morgan fingerprint density at radius 1 is 1.40 bits per heavy atom. The second-order valence-electron chi connectivity index (χ2n) is 4.11. The molecule has 0 amide bonds. The molecule has 0 radical (unpaired) electrons. The highest BCUT2D eigenvalue weighted by molar-refractivity contribution is 5.23. The molecule has 84 valence electrons. The van der Waals surface area contributed by atoms with Gasteiger partial charge >= 0.3 is 0 Å². The third-order valence-electron chi connectivity index (χ3n) is 2.02. The molecule has 0 heterocycles. The van der Waals surface area contributed by atoms with Crippen LogP contribution in [-0.4, -0.2) is 6.61 Å². The minimum atomic E-state index is -0.165. The minimum Gasteiger partial charge on any atom is -0.301 e. The molecule has 0 saturated carbocycles. The first-order valence-electron chi connectivity index (χ1n) is 5.19. The number of hydroxylamine groups is 1. The summed E-state index contributed by atoms with van der Waals surface area (Å²) in [4.78, 5) is 5.23. The van der Waals surface area contributed by atoms with Gasteiger partial charge in [-0.3, -0.25) is 0 Å². The van der Waals surface area contributed by atoms with Crippen LogP contribution in [-0.2, 0) is 11.4 Å². The summed E-state index contributed by atoms with van der Waals surface area (Å²) in [6, 6.07) is 5.06. The van der Waals surface area contributed by atoms with Crippen LogP contribution in [0.3, 0.4) is 0 Å². The van der Waals surface area contributed by atoms with Gasteiger partial charge in [0.05, 0.1) is 6.61 Å². The number of benzene rings is 1. The molecule has 0 bridgehead atoms. The van der Waals surface area contributed by atoms with E-state index in [2.05, 4.69) is 19.3 Å². The van der Waals surface area contributed by atoms with Crippen molar-refractivity contribution in [2.45, 2.75) is 27.3 Å². The fraction of sp³-hybridized carbons (Fsp3) is 0.500. The molecular weight excluding hydrogens is 193 g/mol. The maximum Gasteiger partial charge on any atom is 0.126 e. The van der Waals surface area contributed by atoms with Crippen molar-refractivity contribution in [1.82, 2.24) is 5.48 Å². The van der Waals surface area contributed by atoms with E-state index >= 15 is 0 Å². The van der Waals surface area contributed by atoms with Crippen molar-refractivity contribution in [3.63, 3.8) is 0 Å². The van der Waals surface area contributed by atoms with E-state index in [1.807, 2.05) is 6.07 Å². The number of halogens is 1. The van der Waals surface area contributed by atoms with Crippen molar-refractivity contribution >= 4 is 0 Å². The van der Waals surface area contributed by atoms with E-state index in [0.29, 0.717) is 24.6 Å². The van der Waals surface area contributed by atoms with E-state index in [0.717, 1.165) is 5.56 Å². The second-order valence-corrected chi connectivity index (χ2v) is 4.11. The molecule has 0 unspecified atom stereocenters. The van der Waals surface area contributed by atoms with Gasteiger partial charge < -0.3 is 4.84 Å². The lowest BCUT2D eigenvalue weighted by molar-refractivity contribution is 0.0196. The molecule has 1 N–H and O–H groups in total. The van der Waals surface area contributed by atoms with E-state index in [1.54, 1.807) is 13.0 Å². The number of nitrogens with one attached hydrogen (secondary N) is 1. The van der Waals surface area contributed by atoms with Crippen LogP contribution in [0.25, 0.3) is 0 Å². The standard InChI is InChI=1S/C12H18FNO/c1-9(2)8-15-14-7-11-4-5-12(13)10(3)6-11/h4-6,9,14H,7-8H2,1-3H3. The van der Waals surface area contributed by atoms with Gasteiger partial charge in [-0.05, 0) is 30.0 Å². The lowest BCUT2D eigenvalue weighted by Crippen LogP contribution is -2.17. The first-order chi connectivity index (χ1) is 7.09. The van der Waals surface area contributed by atoms with Crippen molar-refractivity contribution in [2.24, 2.45) is 5.92 Å². The Bertz CT molecular complexity index is 312. The Balaban J connectivity index is 2.35. The molecule has 0 aliphatic carbocycles. The van der Waals surface area contributed by atoms with Gasteiger partial charge in [-0.2, -0.15) is 5.48 Å². The van der Waals surface area contributed by atoms with E-state index in [1.165, 1.54) is 6.07 Å². The lowest BCUT2D eigenvalue weighted by atomic mass is 10.1. The van der Waals surface area contributed by atoms with Gasteiger partial charge in [-0.15, -0.1) is 0 Å². The quantitative estimate of drug-likeness (QED) is 0.597. The molecule has 1 aromatic rings. The Hall–Kier alpha value is -0.930. The molecule has 0 fully saturated rings. The Morgan fingerprint density at radius 2 is 2.13 bits per heavy atom. The van der Waals surface area contributed by atoms with Crippen molar-refractivity contribution in [3.8, 4) is 0 Å². The van der Waals surface area contributed by atoms with Crippen LogP contribution in [0.1, 0.15) is 25.0 Å². The second kappa shape index (κ2) is 5.83. The molecule has 0 aliphatic heterocycles. The van der Waals surface area contributed by atoms with Gasteiger partial charge in [0.2, 0.25) is 0 Å². The zero-order valence-corrected chi connectivity index (χ0v) is 9.51. The topological polar surface area (TPSA) is 21.3 Å². The van der Waals surface area contributed by atoms with E-state index in [9.17, 15) is 4.39 Å². The van der Waals surface area contributed by atoms with Crippen molar-refractivity contribution in [2.75, 3.05) is 6.61 Å². The van der Waals surface area contributed by atoms with Crippen LogP contribution < -0.4 is 5.48 Å². The molecule has 3 heteroatoms. The summed E-state index contributed by atoms with van der Waals surface area (Å²) in [7, 11) is 0. The molecule has 2 nitrogen and oxygen atoms in total. The SMILES string of the molecule is Cc1cc(CNOCC(C)C)ccc1F. The maximum atomic E-state index is 12.9. The Kier molecular flexibility index (Phi) is 4.72. The highest BCUT2D eigenvalue weighted by atomic mass is 19.1. The minimum absolute atomic E-state index is 0.165. The van der Waals surface area contributed by atoms with Crippen molar-refractivity contribution in [3.05, 3.63) is 35.1 Å². The predicted molar refractivity (Wildman–Crippen MR) is 58.8 cm³/mol. The van der Waals surface area contributed by atoms with Crippen LogP contribution in [0.4, 0.5) is 4.39 Å². The normalized spacial score (nSPS) is 11.0. The summed E-state index contributed by atoms with van der Waals surface area (Å²) in [5.74, 6) is 0.342. The van der Waals surface area contributed by atoms with Crippen LogP contribution in [0.2, 0.25) is 0 Å². The van der Waals surface area contributed by atoms with E-state index < -0.39 is 0 Å². The van der Waals surface area contributed by atoms with Crippen LogP contribution in [0, 0.1) is 18.7 Å². The molecule has 15 heavy (non-hydrogen) atoms. The molecule has 1 rings (SSSR count). The van der Waals surface area contributed by atoms with Crippen molar-refractivity contribution in [1.29, 1.82) is 0 Å². The van der Waals surface area contributed by atoms with Crippen LogP contribution in [0.5, 0.6) is 0 Å².